The van der Waals surface area contributed by atoms with Gasteiger partial charge >= 0.3 is 0 Å². The van der Waals surface area contributed by atoms with Gasteiger partial charge in [-0.3, -0.25) is 14.4 Å². The lowest BCUT2D eigenvalue weighted by Gasteiger charge is -2.27. The fourth-order valence-corrected chi connectivity index (χ4v) is 2.27. The highest BCUT2D eigenvalue weighted by atomic mass is 32.1. The highest BCUT2D eigenvalue weighted by Gasteiger charge is 2.36. The summed E-state index contributed by atoms with van der Waals surface area (Å²) in [6.07, 6.45) is 0.229. The summed E-state index contributed by atoms with van der Waals surface area (Å²) in [6.45, 7) is 3.62. The van der Waals surface area contributed by atoms with Crippen LogP contribution < -0.4 is 5.32 Å². The number of rotatable bonds is 6. The van der Waals surface area contributed by atoms with E-state index in [9.17, 15) is 19.7 Å². The first-order valence-electron chi connectivity index (χ1n) is 6.39. The van der Waals surface area contributed by atoms with Gasteiger partial charge in [0.1, 0.15) is 6.04 Å². The fourth-order valence-electron chi connectivity index (χ4n) is 2.12. The van der Waals surface area contributed by atoms with Crippen LogP contribution in [0.1, 0.15) is 26.7 Å². The maximum Gasteiger partial charge on any atom is 0.296 e. The van der Waals surface area contributed by atoms with Crippen LogP contribution in [-0.2, 0) is 14.4 Å². The van der Waals surface area contributed by atoms with Crippen LogP contribution in [0.3, 0.4) is 0 Å². The van der Waals surface area contributed by atoms with Gasteiger partial charge in [-0.2, -0.15) is 12.6 Å². The van der Waals surface area contributed by atoms with E-state index in [1.807, 2.05) is 0 Å². The van der Waals surface area contributed by atoms with Crippen molar-refractivity contribution in [3.63, 3.8) is 0 Å². The third-order valence-corrected chi connectivity index (χ3v) is 3.67. The van der Waals surface area contributed by atoms with Crippen LogP contribution in [0.25, 0.3) is 0 Å². The third-order valence-electron chi connectivity index (χ3n) is 3.12. The van der Waals surface area contributed by atoms with Crippen molar-refractivity contribution in [2.75, 3.05) is 12.3 Å². The van der Waals surface area contributed by atoms with Gasteiger partial charge in [-0.05, 0) is 19.8 Å². The monoisotopic (exact) mass is 305 g/mol. The van der Waals surface area contributed by atoms with Gasteiger partial charge in [0.05, 0.1) is 0 Å². The molecule has 1 heterocycles. The molecule has 1 rings (SSSR count). The molecule has 1 N–H and O–H groups in total. The molecule has 1 unspecified atom stereocenters. The van der Waals surface area contributed by atoms with E-state index in [-0.39, 0.29) is 11.8 Å². The minimum absolute atomic E-state index is 0.125. The lowest BCUT2D eigenvalue weighted by molar-refractivity contribution is -0.768. The summed E-state index contributed by atoms with van der Waals surface area (Å²) in [5, 5.41) is 11.6. The second-order valence-corrected chi connectivity index (χ2v) is 5.12. The van der Waals surface area contributed by atoms with E-state index in [4.69, 9.17) is 0 Å². The van der Waals surface area contributed by atoms with E-state index in [1.165, 1.54) is 11.8 Å². The van der Waals surface area contributed by atoms with Gasteiger partial charge in [0, 0.05) is 18.2 Å². The number of hydrogen-bond donors (Lipinski definition) is 2. The minimum Gasteiger partial charge on any atom is -0.330 e. The summed E-state index contributed by atoms with van der Waals surface area (Å²) in [5.41, 5.74) is 0. The molecule has 0 radical (unpaired) electrons. The highest BCUT2D eigenvalue weighted by molar-refractivity contribution is 7.80. The Labute approximate surface area is 122 Å². The molecule has 0 bridgehead atoms. The van der Waals surface area contributed by atoms with Gasteiger partial charge in [-0.1, -0.05) is 6.92 Å². The largest absolute Gasteiger partial charge is 0.330 e. The Morgan fingerprint density at radius 2 is 2.20 bits per heavy atom. The first-order chi connectivity index (χ1) is 9.36. The van der Waals surface area contributed by atoms with Crippen molar-refractivity contribution in [3.8, 4) is 0 Å². The Morgan fingerprint density at radius 1 is 1.55 bits per heavy atom. The zero-order valence-electron chi connectivity index (χ0n) is 11.4. The summed E-state index contributed by atoms with van der Waals surface area (Å²) < 4.78 is 0. The second-order valence-electron chi connectivity index (χ2n) is 4.75. The minimum atomic E-state index is -1.04. The van der Waals surface area contributed by atoms with E-state index in [0.29, 0.717) is 18.7 Å². The molecule has 0 aliphatic carbocycles. The van der Waals surface area contributed by atoms with Crippen molar-refractivity contribution in [2.24, 2.45) is 5.92 Å². The first-order valence-corrected chi connectivity index (χ1v) is 7.03. The molecule has 1 saturated heterocycles. The lowest BCUT2D eigenvalue weighted by Crippen LogP contribution is -2.50. The quantitative estimate of drug-likeness (QED) is 0.316. The molecule has 20 heavy (non-hydrogen) atoms. The maximum absolute atomic E-state index is 12.1. The number of amides is 2. The smallest absolute Gasteiger partial charge is 0.296 e. The molecule has 114 valence electrons. The summed E-state index contributed by atoms with van der Waals surface area (Å²) in [5.74, 6) is -0.416. The Kier molecular flexibility index (Phi) is 6.05. The van der Waals surface area contributed by atoms with Crippen LogP contribution in [0.15, 0.2) is 0 Å². The first kappa shape index (κ1) is 16.5. The summed E-state index contributed by atoms with van der Waals surface area (Å²) in [4.78, 5) is 40.0. The molecule has 1 aliphatic heterocycles. The van der Waals surface area contributed by atoms with Crippen LogP contribution in [0.2, 0.25) is 0 Å². The molecular formula is C11H19N3O5S. The van der Waals surface area contributed by atoms with Crippen molar-refractivity contribution >= 4 is 24.4 Å². The van der Waals surface area contributed by atoms with E-state index in [2.05, 4.69) is 22.8 Å². The van der Waals surface area contributed by atoms with Gasteiger partial charge in [0.25, 0.3) is 5.09 Å². The van der Waals surface area contributed by atoms with Crippen molar-refractivity contribution in [1.29, 1.82) is 0 Å². The van der Waals surface area contributed by atoms with Crippen molar-refractivity contribution in [1.82, 2.24) is 10.2 Å². The van der Waals surface area contributed by atoms with Crippen LogP contribution >= 0.6 is 12.6 Å². The third kappa shape index (κ3) is 4.26. The van der Waals surface area contributed by atoms with E-state index in [0.717, 1.165) is 6.42 Å². The number of hydrogen-bond acceptors (Lipinski definition) is 6. The number of thiol groups is 1. The van der Waals surface area contributed by atoms with E-state index >= 15 is 0 Å². The normalized spacial score (nSPS) is 21.1. The van der Waals surface area contributed by atoms with Gasteiger partial charge in [0.15, 0.2) is 6.23 Å². The van der Waals surface area contributed by atoms with Crippen LogP contribution in [0.4, 0.5) is 0 Å². The molecule has 8 nitrogen and oxygen atoms in total. The van der Waals surface area contributed by atoms with Gasteiger partial charge in [-0.25, -0.2) is 0 Å². The number of nitrogens with one attached hydrogen (secondary N) is 1. The molecule has 9 heteroatoms. The van der Waals surface area contributed by atoms with Gasteiger partial charge in [-0.15, -0.1) is 10.1 Å². The summed E-state index contributed by atoms with van der Waals surface area (Å²) in [6, 6.07) is -0.595. The standard InChI is InChI=1S/C11H19N3O5S/c1-7(6-20)11(16)13-5-3-4-9(13)10(15)12-8(2)19-14(17)18/h7-9,20H,3-6H2,1-2H3,(H,12,15)/t7-,8?,9-/m0/s1. The fraction of sp³-hybridized carbons (Fsp3) is 0.818. The number of carbonyl (C=O) groups is 2. The molecule has 1 aliphatic rings. The average molecular weight is 305 g/mol. The summed E-state index contributed by atoms with van der Waals surface area (Å²) in [7, 11) is 0. The zero-order chi connectivity index (χ0) is 15.3. The Balaban J connectivity index is 2.62. The topological polar surface area (TPSA) is 102 Å². The molecule has 0 aromatic carbocycles. The SMILES string of the molecule is CC(NC(=O)[C@@H]1CCCN1C(=O)[C@@H](C)CS)O[N+](=O)[O-]. The molecule has 0 saturated carbocycles. The number of carbonyl (C=O) groups excluding carboxylic acids is 2. The van der Waals surface area contributed by atoms with E-state index in [1.54, 1.807) is 6.92 Å². The molecule has 2 amide bonds. The van der Waals surface area contributed by atoms with Crippen molar-refractivity contribution < 1.29 is 19.5 Å². The second kappa shape index (κ2) is 7.32. The predicted molar refractivity (Wildman–Crippen MR) is 73.4 cm³/mol. The zero-order valence-corrected chi connectivity index (χ0v) is 12.3. The number of nitrogens with zero attached hydrogens (tertiary/aromatic N) is 2. The van der Waals surface area contributed by atoms with Gasteiger partial charge in [0.2, 0.25) is 11.8 Å². The van der Waals surface area contributed by atoms with Crippen LogP contribution in [-0.4, -0.2) is 46.4 Å². The Morgan fingerprint density at radius 3 is 2.75 bits per heavy atom. The predicted octanol–water partition coefficient (Wildman–Crippen LogP) is 0.214. The molecule has 0 aromatic rings. The van der Waals surface area contributed by atoms with Gasteiger partial charge < -0.3 is 10.2 Å². The Bertz CT molecular complexity index is 392. The number of likely N-dealkylation sites (tertiary alicyclic amines) is 1. The maximum atomic E-state index is 12.1. The summed E-state index contributed by atoms with van der Waals surface area (Å²) >= 11 is 4.08. The Hall–Kier alpha value is -1.51. The lowest BCUT2D eigenvalue weighted by atomic mass is 10.1. The highest BCUT2D eigenvalue weighted by Crippen LogP contribution is 2.20. The van der Waals surface area contributed by atoms with Crippen LogP contribution in [0, 0.1) is 16.0 Å². The van der Waals surface area contributed by atoms with Crippen molar-refractivity contribution in [2.45, 2.75) is 39.0 Å². The average Bonchev–Trinajstić information content (AvgIpc) is 2.84. The molecular weight excluding hydrogens is 286 g/mol. The van der Waals surface area contributed by atoms with E-state index < -0.39 is 23.3 Å². The molecule has 3 atom stereocenters. The molecule has 0 spiro atoms. The van der Waals surface area contributed by atoms with Crippen LogP contribution in [0.5, 0.6) is 0 Å². The molecule has 1 fully saturated rings. The molecule has 0 aromatic heterocycles. The van der Waals surface area contributed by atoms with Crippen molar-refractivity contribution in [3.05, 3.63) is 10.1 Å².